The molecule has 0 aromatic heterocycles. The van der Waals surface area contributed by atoms with E-state index in [-0.39, 0.29) is 17.1 Å². The summed E-state index contributed by atoms with van der Waals surface area (Å²) in [6, 6.07) is 21.1. The minimum atomic E-state index is -0.525. The van der Waals surface area contributed by atoms with Gasteiger partial charge in [0.15, 0.2) is 0 Å². The Balaban J connectivity index is 1.63. The molecule has 0 N–H and O–H groups in total. The zero-order chi connectivity index (χ0) is 27.8. The monoisotopic (exact) mass is 525 g/mol. The molecule has 0 saturated carbocycles. The molecule has 0 heterocycles. The van der Waals surface area contributed by atoms with Crippen LogP contribution >= 0.6 is 0 Å². The molecule has 0 radical (unpaired) electrons. The second kappa shape index (κ2) is 11.7. The smallest absolute Gasteiger partial charge is 0.258 e. The van der Waals surface area contributed by atoms with Gasteiger partial charge in [0.25, 0.3) is 17.1 Å². The summed E-state index contributed by atoms with van der Waals surface area (Å²) in [5, 5.41) is 57.2. The van der Waals surface area contributed by atoms with Gasteiger partial charge in [0, 0.05) is 36.4 Å². The highest BCUT2D eigenvalue weighted by Gasteiger charge is 2.07. The first-order chi connectivity index (χ1) is 18.8. The molecule has 0 aliphatic heterocycles. The molecule has 0 fully saturated rings. The summed E-state index contributed by atoms with van der Waals surface area (Å²) in [7, 11) is 0. The van der Waals surface area contributed by atoms with Gasteiger partial charge in [0.1, 0.15) is 0 Å². The standard InChI is InChI=1S/C24H15N9O6/c34-31(35)22-7-1-16(2-8-22)25-28-19-13-20(29-26-17-3-9-23(10-4-17)32(36)37)15-21(14-19)30-27-18-5-11-24(12-6-18)33(38)39/h1-15H. The maximum atomic E-state index is 10.8. The maximum Gasteiger partial charge on any atom is 0.269 e. The molecule has 0 bridgehead atoms. The highest BCUT2D eigenvalue weighted by atomic mass is 16.6. The Labute approximate surface area is 218 Å². The predicted molar refractivity (Wildman–Crippen MR) is 138 cm³/mol. The van der Waals surface area contributed by atoms with Gasteiger partial charge in [-0.05, 0) is 54.6 Å². The molecule has 4 aromatic carbocycles. The molecule has 0 amide bonds. The van der Waals surface area contributed by atoms with Crippen LogP contribution in [-0.4, -0.2) is 14.8 Å². The van der Waals surface area contributed by atoms with E-state index in [0.29, 0.717) is 34.1 Å². The summed E-state index contributed by atoms with van der Waals surface area (Å²) in [6.45, 7) is 0. The molecule has 4 aromatic rings. The van der Waals surface area contributed by atoms with Crippen LogP contribution in [0.15, 0.2) is 122 Å². The number of hydrogen-bond acceptors (Lipinski definition) is 12. The molecular formula is C24H15N9O6. The number of hydrogen-bond donors (Lipinski definition) is 0. The van der Waals surface area contributed by atoms with Crippen molar-refractivity contribution in [1.29, 1.82) is 0 Å². The quantitative estimate of drug-likeness (QED) is 0.119. The van der Waals surface area contributed by atoms with Crippen molar-refractivity contribution in [2.24, 2.45) is 30.7 Å². The molecule has 4 rings (SSSR count). The van der Waals surface area contributed by atoms with Crippen LogP contribution in [-0.2, 0) is 0 Å². The van der Waals surface area contributed by atoms with Gasteiger partial charge in [0.2, 0.25) is 0 Å². The molecule has 0 aliphatic carbocycles. The van der Waals surface area contributed by atoms with Gasteiger partial charge in [-0.15, -0.1) is 0 Å². The van der Waals surface area contributed by atoms with Crippen molar-refractivity contribution < 1.29 is 14.8 Å². The number of rotatable bonds is 9. The summed E-state index contributed by atoms with van der Waals surface area (Å²) >= 11 is 0. The number of nitro groups is 3. The van der Waals surface area contributed by atoms with Crippen LogP contribution in [0.25, 0.3) is 0 Å². The number of benzene rings is 4. The van der Waals surface area contributed by atoms with E-state index in [1.165, 1.54) is 72.8 Å². The summed E-state index contributed by atoms with van der Waals surface area (Å²) in [5.74, 6) is 0. The van der Waals surface area contributed by atoms with Crippen molar-refractivity contribution >= 4 is 51.2 Å². The van der Waals surface area contributed by atoms with Crippen molar-refractivity contribution in [2.45, 2.75) is 0 Å². The van der Waals surface area contributed by atoms with Crippen molar-refractivity contribution in [1.82, 2.24) is 0 Å². The van der Waals surface area contributed by atoms with Crippen LogP contribution in [0.1, 0.15) is 0 Å². The van der Waals surface area contributed by atoms with Gasteiger partial charge < -0.3 is 0 Å². The lowest BCUT2D eigenvalue weighted by Crippen LogP contribution is -1.85. The summed E-state index contributed by atoms with van der Waals surface area (Å²) < 4.78 is 0. The molecule has 15 nitrogen and oxygen atoms in total. The Morgan fingerprint density at radius 3 is 0.769 bits per heavy atom. The van der Waals surface area contributed by atoms with Crippen LogP contribution in [0.4, 0.5) is 51.2 Å². The third-order valence-electron chi connectivity index (χ3n) is 4.91. The Morgan fingerprint density at radius 1 is 0.359 bits per heavy atom. The molecule has 0 unspecified atom stereocenters. The second-order valence-electron chi connectivity index (χ2n) is 7.63. The van der Waals surface area contributed by atoms with E-state index >= 15 is 0 Å². The fourth-order valence-electron chi connectivity index (χ4n) is 3.02. The van der Waals surface area contributed by atoms with Gasteiger partial charge in [0.05, 0.1) is 48.9 Å². The van der Waals surface area contributed by atoms with E-state index in [1.807, 2.05) is 0 Å². The van der Waals surface area contributed by atoms with E-state index in [1.54, 1.807) is 18.2 Å². The Hall–Kier alpha value is -6.12. The molecule has 0 spiro atoms. The van der Waals surface area contributed by atoms with E-state index in [9.17, 15) is 30.3 Å². The molecule has 0 atom stereocenters. The Kier molecular flexibility index (Phi) is 7.82. The van der Waals surface area contributed by atoms with Crippen LogP contribution in [0, 0.1) is 30.3 Å². The lowest BCUT2D eigenvalue weighted by Gasteiger charge is -2.00. The average Bonchev–Trinajstić information content (AvgIpc) is 2.94. The zero-order valence-electron chi connectivity index (χ0n) is 19.6. The molecule has 0 aliphatic rings. The van der Waals surface area contributed by atoms with Crippen molar-refractivity contribution in [3.8, 4) is 0 Å². The van der Waals surface area contributed by atoms with Gasteiger partial charge >= 0.3 is 0 Å². The third kappa shape index (κ3) is 7.20. The minimum absolute atomic E-state index is 0.0865. The van der Waals surface area contributed by atoms with E-state index in [0.717, 1.165) is 0 Å². The average molecular weight is 525 g/mol. The van der Waals surface area contributed by atoms with Crippen LogP contribution in [0.5, 0.6) is 0 Å². The number of non-ortho nitro benzene ring substituents is 3. The predicted octanol–water partition coefficient (Wildman–Crippen LogP) is 8.66. The minimum Gasteiger partial charge on any atom is -0.258 e. The molecule has 39 heavy (non-hydrogen) atoms. The summed E-state index contributed by atoms with van der Waals surface area (Å²) in [5.41, 5.74) is 1.78. The van der Waals surface area contributed by atoms with Gasteiger partial charge in [-0.2, -0.15) is 30.7 Å². The van der Waals surface area contributed by atoms with Crippen LogP contribution < -0.4 is 0 Å². The number of azo groups is 3. The fourth-order valence-corrected chi connectivity index (χ4v) is 3.02. The first-order valence-corrected chi connectivity index (χ1v) is 10.9. The lowest BCUT2D eigenvalue weighted by molar-refractivity contribution is -0.385. The van der Waals surface area contributed by atoms with E-state index in [2.05, 4.69) is 30.7 Å². The van der Waals surface area contributed by atoms with Crippen molar-refractivity contribution in [3.05, 3.63) is 121 Å². The van der Waals surface area contributed by atoms with Crippen molar-refractivity contribution in [3.63, 3.8) is 0 Å². The highest BCUT2D eigenvalue weighted by molar-refractivity contribution is 5.61. The molecule has 0 saturated heterocycles. The van der Waals surface area contributed by atoms with Gasteiger partial charge in [-0.1, -0.05) is 0 Å². The normalized spacial score (nSPS) is 11.4. The SMILES string of the molecule is O=[N+]([O-])c1ccc(N=Nc2cc(N=Nc3ccc([N+](=O)[O-])cc3)cc(N=Nc3ccc([N+](=O)[O-])cc3)c2)cc1. The first-order valence-electron chi connectivity index (χ1n) is 10.9. The summed E-state index contributed by atoms with van der Waals surface area (Å²) in [4.78, 5) is 30.9. The topological polar surface area (TPSA) is 204 Å². The highest BCUT2D eigenvalue weighted by Crippen LogP contribution is 2.32. The van der Waals surface area contributed by atoms with Crippen LogP contribution in [0.3, 0.4) is 0 Å². The first kappa shape index (κ1) is 26.0. The van der Waals surface area contributed by atoms with Gasteiger partial charge in [-0.3, -0.25) is 30.3 Å². The second-order valence-corrected chi connectivity index (χ2v) is 7.63. The Morgan fingerprint density at radius 2 is 0.564 bits per heavy atom. The molecule has 15 heteroatoms. The maximum absolute atomic E-state index is 10.8. The largest absolute Gasteiger partial charge is 0.269 e. The fraction of sp³-hybridized carbons (Fsp3) is 0. The van der Waals surface area contributed by atoms with E-state index in [4.69, 9.17) is 0 Å². The van der Waals surface area contributed by atoms with Gasteiger partial charge in [-0.25, -0.2) is 0 Å². The van der Waals surface area contributed by atoms with E-state index < -0.39 is 14.8 Å². The molecular weight excluding hydrogens is 510 g/mol. The molecule has 192 valence electrons. The zero-order valence-corrected chi connectivity index (χ0v) is 19.6. The summed E-state index contributed by atoms with van der Waals surface area (Å²) in [6.07, 6.45) is 0. The van der Waals surface area contributed by atoms with Crippen molar-refractivity contribution in [2.75, 3.05) is 0 Å². The number of nitrogens with zero attached hydrogens (tertiary/aromatic N) is 9. The number of nitro benzene ring substituents is 3. The third-order valence-corrected chi connectivity index (χ3v) is 4.91. The lowest BCUT2D eigenvalue weighted by atomic mass is 10.2. The van der Waals surface area contributed by atoms with Crippen LogP contribution in [0.2, 0.25) is 0 Å². The Bertz CT molecular complexity index is 1410.